The van der Waals surface area contributed by atoms with Gasteiger partial charge < -0.3 is 4.90 Å². The van der Waals surface area contributed by atoms with Crippen LogP contribution in [0.5, 0.6) is 0 Å². The molecule has 0 aromatic rings. The Hall–Kier alpha value is -0.180. The average molecular weight is 201 g/mol. The van der Waals surface area contributed by atoms with Crippen molar-refractivity contribution in [3.63, 3.8) is 0 Å². The Balaban J connectivity index is 2.43. The summed E-state index contributed by atoms with van der Waals surface area (Å²) in [7, 11) is 1.91. The van der Waals surface area contributed by atoms with Crippen molar-refractivity contribution in [2.45, 2.75) is 44.6 Å². The Morgan fingerprint density at radius 1 is 1.31 bits per heavy atom. The Labute approximate surface area is 86.1 Å². The zero-order chi connectivity index (χ0) is 9.68. The molecule has 0 heterocycles. The van der Waals surface area contributed by atoms with Crippen LogP contribution in [0.3, 0.4) is 0 Å². The van der Waals surface area contributed by atoms with Gasteiger partial charge in [0, 0.05) is 13.1 Å². The zero-order valence-corrected chi connectivity index (χ0v) is 9.22. The molecule has 0 radical (unpaired) electrons. The third-order valence-electron chi connectivity index (χ3n) is 2.90. The molecule has 0 saturated heterocycles. The molecule has 0 aliphatic heterocycles. The number of rotatable bonds is 2. The minimum atomic E-state index is 0.162. The molecule has 0 aromatic carbocycles. The lowest BCUT2D eigenvalue weighted by Crippen LogP contribution is -2.37. The molecule has 1 aliphatic carbocycles. The minimum Gasteiger partial charge on any atom is -0.342 e. The van der Waals surface area contributed by atoms with Gasteiger partial charge in [-0.05, 0) is 12.8 Å². The molecule has 0 aromatic heterocycles. The van der Waals surface area contributed by atoms with Crippen molar-refractivity contribution in [1.29, 1.82) is 0 Å². The fourth-order valence-electron chi connectivity index (χ4n) is 1.96. The van der Waals surface area contributed by atoms with Crippen LogP contribution >= 0.6 is 12.6 Å². The maximum absolute atomic E-state index is 11.4. The molecule has 0 N–H and O–H groups in total. The molecule has 0 spiro atoms. The topological polar surface area (TPSA) is 20.3 Å². The highest BCUT2D eigenvalue weighted by atomic mass is 32.1. The lowest BCUT2D eigenvalue weighted by molar-refractivity contribution is -0.129. The van der Waals surface area contributed by atoms with Crippen molar-refractivity contribution < 1.29 is 4.79 Å². The van der Waals surface area contributed by atoms with Gasteiger partial charge >= 0.3 is 0 Å². The van der Waals surface area contributed by atoms with Crippen molar-refractivity contribution >= 4 is 18.5 Å². The summed E-state index contributed by atoms with van der Waals surface area (Å²) in [5, 5.41) is 0. The first-order valence-electron chi connectivity index (χ1n) is 5.12. The number of nitrogens with zero attached hydrogens (tertiary/aromatic N) is 1. The van der Waals surface area contributed by atoms with Gasteiger partial charge in [-0.2, -0.15) is 12.6 Å². The molecule has 76 valence electrons. The summed E-state index contributed by atoms with van der Waals surface area (Å²) < 4.78 is 0. The summed E-state index contributed by atoms with van der Waals surface area (Å²) in [5.74, 6) is 0.503. The van der Waals surface area contributed by atoms with E-state index >= 15 is 0 Å². The standard InChI is InChI=1S/C10H19NOS/c1-11(10(12)8-13)9-6-4-2-3-5-7-9/h9,13H,2-8H2,1H3. The molecule has 1 rings (SSSR count). The molecule has 3 heteroatoms. The third-order valence-corrected chi connectivity index (χ3v) is 3.17. The Bertz CT molecular complexity index is 164. The average Bonchev–Trinajstić information content (AvgIpc) is 2.43. The van der Waals surface area contributed by atoms with Crippen LogP contribution in [0.25, 0.3) is 0 Å². The maximum Gasteiger partial charge on any atom is 0.232 e. The summed E-state index contributed by atoms with van der Waals surface area (Å²) in [4.78, 5) is 13.3. The number of hydrogen-bond acceptors (Lipinski definition) is 2. The smallest absolute Gasteiger partial charge is 0.232 e. The van der Waals surface area contributed by atoms with Crippen LogP contribution in [-0.4, -0.2) is 29.6 Å². The third kappa shape index (κ3) is 3.22. The highest BCUT2D eigenvalue weighted by molar-refractivity contribution is 7.81. The first-order valence-corrected chi connectivity index (χ1v) is 5.75. The van der Waals surface area contributed by atoms with Crippen molar-refractivity contribution in [2.24, 2.45) is 0 Å². The fraction of sp³-hybridized carbons (Fsp3) is 0.900. The zero-order valence-electron chi connectivity index (χ0n) is 8.33. The Morgan fingerprint density at radius 2 is 1.85 bits per heavy atom. The second kappa shape index (κ2) is 5.53. The summed E-state index contributed by atoms with van der Waals surface area (Å²) in [6, 6.07) is 0.474. The van der Waals surface area contributed by atoms with Gasteiger partial charge in [-0.3, -0.25) is 4.79 Å². The predicted octanol–water partition coefficient (Wildman–Crippen LogP) is 2.10. The largest absolute Gasteiger partial charge is 0.342 e. The normalized spacial score (nSPS) is 19.5. The molecule has 1 saturated carbocycles. The molecule has 1 amide bonds. The molecule has 1 aliphatic rings. The molecular weight excluding hydrogens is 182 g/mol. The number of amides is 1. The van der Waals surface area contributed by atoms with Crippen LogP contribution in [0.15, 0.2) is 0 Å². The van der Waals surface area contributed by atoms with Crippen LogP contribution in [0.2, 0.25) is 0 Å². The summed E-state index contributed by atoms with van der Waals surface area (Å²) in [6.45, 7) is 0. The number of hydrogen-bond donors (Lipinski definition) is 1. The van der Waals surface area contributed by atoms with E-state index in [0.717, 1.165) is 0 Å². The van der Waals surface area contributed by atoms with E-state index in [1.165, 1.54) is 38.5 Å². The van der Waals surface area contributed by atoms with Crippen molar-refractivity contribution in [1.82, 2.24) is 4.90 Å². The highest BCUT2D eigenvalue weighted by Gasteiger charge is 2.19. The van der Waals surface area contributed by atoms with Crippen LogP contribution in [0, 0.1) is 0 Å². The van der Waals surface area contributed by atoms with E-state index in [0.29, 0.717) is 11.8 Å². The van der Waals surface area contributed by atoms with E-state index in [1.807, 2.05) is 11.9 Å². The van der Waals surface area contributed by atoms with Gasteiger partial charge in [0.2, 0.25) is 5.91 Å². The maximum atomic E-state index is 11.4. The van der Waals surface area contributed by atoms with Crippen LogP contribution in [0.1, 0.15) is 38.5 Å². The molecule has 1 fully saturated rings. The molecule has 0 bridgehead atoms. The van der Waals surface area contributed by atoms with Crippen LogP contribution in [0.4, 0.5) is 0 Å². The number of carbonyl (C=O) groups is 1. The SMILES string of the molecule is CN(C(=O)CS)C1CCCCCC1. The van der Waals surface area contributed by atoms with Crippen molar-refractivity contribution in [3.8, 4) is 0 Å². The monoisotopic (exact) mass is 201 g/mol. The van der Waals surface area contributed by atoms with Crippen LogP contribution < -0.4 is 0 Å². The first-order chi connectivity index (χ1) is 6.25. The van der Waals surface area contributed by atoms with Gasteiger partial charge in [0.1, 0.15) is 0 Å². The summed E-state index contributed by atoms with van der Waals surface area (Å²) in [5.41, 5.74) is 0. The Morgan fingerprint density at radius 3 is 2.31 bits per heavy atom. The minimum absolute atomic E-state index is 0.162. The van der Waals surface area contributed by atoms with E-state index in [2.05, 4.69) is 12.6 Å². The van der Waals surface area contributed by atoms with Gasteiger partial charge in [0.25, 0.3) is 0 Å². The van der Waals surface area contributed by atoms with E-state index in [1.54, 1.807) is 0 Å². The van der Waals surface area contributed by atoms with Gasteiger partial charge in [0.15, 0.2) is 0 Å². The first kappa shape index (κ1) is 10.9. The predicted molar refractivity (Wildman–Crippen MR) is 58.1 cm³/mol. The summed E-state index contributed by atoms with van der Waals surface area (Å²) in [6.07, 6.45) is 7.56. The van der Waals surface area contributed by atoms with Crippen LogP contribution in [-0.2, 0) is 4.79 Å². The highest BCUT2D eigenvalue weighted by Crippen LogP contribution is 2.21. The quantitative estimate of drug-likeness (QED) is 0.536. The van der Waals surface area contributed by atoms with Crippen molar-refractivity contribution in [2.75, 3.05) is 12.8 Å². The molecule has 13 heavy (non-hydrogen) atoms. The lowest BCUT2D eigenvalue weighted by Gasteiger charge is -2.26. The van der Waals surface area contributed by atoms with E-state index in [9.17, 15) is 4.79 Å². The van der Waals surface area contributed by atoms with Crippen molar-refractivity contribution in [3.05, 3.63) is 0 Å². The summed E-state index contributed by atoms with van der Waals surface area (Å²) >= 11 is 4.01. The fourth-order valence-corrected chi connectivity index (χ4v) is 2.18. The molecule has 0 atom stereocenters. The van der Waals surface area contributed by atoms with Gasteiger partial charge in [-0.15, -0.1) is 0 Å². The molecular formula is C10H19NOS. The lowest BCUT2D eigenvalue weighted by atomic mass is 10.1. The molecule has 2 nitrogen and oxygen atoms in total. The van der Waals surface area contributed by atoms with Gasteiger partial charge in [0.05, 0.1) is 5.75 Å². The van der Waals surface area contributed by atoms with E-state index in [-0.39, 0.29) is 5.91 Å². The number of carbonyl (C=O) groups excluding carboxylic acids is 1. The molecule has 0 unspecified atom stereocenters. The van der Waals surface area contributed by atoms with Gasteiger partial charge in [-0.25, -0.2) is 0 Å². The Kier molecular flexibility index (Phi) is 4.64. The number of thiol groups is 1. The van der Waals surface area contributed by atoms with E-state index in [4.69, 9.17) is 0 Å². The van der Waals surface area contributed by atoms with Gasteiger partial charge in [-0.1, -0.05) is 25.7 Å². The second-order valence-corrected chi connectivity index (χ2v) is 4.12. The van der Waals surface area contributed by atoms with E-state index < -0.39 is 0 Å². The second-order valence-electron chi connectivity index (χ2n) is 3.81.